The first-order valence-electron chi connectivity index (χ1n) is 15.2. The first kappa shape index (κ1) is 27.6. The van der Waals surface area contributed by atoms with Gasteiger partial charge in [0.1, 0.15) is 6.04 Å². The van der Waals surface area contributed by atoms with Crippen LogP contribution in [0.25, 0.3) is 10.9 Å². The van der Waals surface area contributed by atoms with Crippen molar-refractivity contribution >= 4 is 10.9 Å². The van der Waals surface area contributed by atoms with Crippen LogP contribution in [0.4, 0.5) is 0 Å². The number of rotatable bonds is 8. The van der Waals surface area contributed by atoms with Gasteiger partial charge in [-0.15, -0.1) is 5.10 Å². The molecule has 2 aliphatic heterocycles. The zero-order chi connectivity index (χ0) is 29.2. The number of aromatic nitrogens is 5. The van der Waals surface area contributed by atoms with Crippen molar-refractivity contribution in [2.45, 2.75) is 44.5 Å². The maximum absolute atomic E-state index is 13.7. The molecule has 1 N–H and O–H groups in total. The highest BCUT2D eigenvalue weighted by Crippen LogP contribution is 2.33. The summed E-state index contributed by atoms with van der Waals surface area (Å²) in [5.41, 5.74) is 5.06. The molecule has 0 saturated carbocycles. The molecule has 3 aromatic carbocycles. The maximum Gasteiger partial charge on any atom is 0.253 e. The van der Waals surface area contributed by atoms with Gasteiger partial charge in [-0.3, -0.25) is 14.6 Å². The third kappa shape index (κ3) is 5.76. The summed E-state index contributed by atoms with van der Waals surface area (Å²) in [5, 5.41) is 14.0. The van der Waals surface area contributed by atoms with E-state index in [0.717, 1.165) is 62.1 Å². The molecule has 2 aromatic heterocycles. The summed E-state index contributed by atoms with van der Waals surface area (Å²) in [7, 11) is 0. The number of hydrogen-bond donors (Lipinski definition) is 1. The van der Waals surface area contributed by atoms with Crippen molar-refractivity contribution in [1.82, 2.24) is 35.0 Å². The quantitative estimate of drug-likeness (QED) is 0.291. The normalized spacial score (nSPS) is 18.9. The molecule has 2 aliphatic rings. The minimum absolute atomic E-state index is 0.0788. The average molecular weight is 576 g/mol. The second kappa shape index (κ2) is 12.2. The van der Waals surface area contributed by atoms with Crippen LogP contribution in [0.3, 0.4) is 0 Å². The summed E-state index contributed by atoms with van der Waals surface area (Å²) in [4.78, 5) is 21.8. The first-order chi connectivity index (χ1) is 21.1. The van der Waals surface area contributed by atoms with Gasteiger partial charge in [0.2, 0.25) is 0 Å². The summed E-state index contributed by atoms with van der Waals surface area (Å²) < 4.78 is 7.77. The van der Waals surface area contributed by atoms with Crippen LogP contribution in [0.15, 0.2) is 89.7 Å². The predicted octanol–water partition coefficient (Wildman–Crippen LogP) is 4.50. The van der Waals surface area contributed by atoms with E-state index in [1.165, 1.54) is 11.1 Å². The van der Waals surface area contributed by atoms with Gasteiger partial charge in [0, 0.05) is 43.9 Å². The standard InChI is InChI=1S/C34H37N7O2/c1-24-14-15-27-22-29(34(42)35-30(27)21-24)32(33-36-37-38-41(33)23-28-13-8-20-43-28)40-18-16-39(17-19-40)31(25-9-4-2-5-10-25)26-11-6-3-7-12-26/h2-7,9-12,14-15,21-22,28,31-32H,8,13,16-20,23H2,1H3,(H,35,42). The van der Waals surface area contributed by atoms with E-state index in [1.807, 2.05) is 23.7 Å². The molecule has 9 heteroatoms. The topological polar surface area (TPSA) is 92.2 Å². The number of aryl methyl sites for hydroxylation is 1. The molecule has 2 atom stereocenters. The Bertz CT molecular complexity index is 1680. The average Bonchev–Trinajstić information content (AvgIpc) is 3.72. The fraction of sp³-hybridized carbons (Fsp3) is 0.353. The van der Waals surface area contributed by atoms with Gasteiger partial charge in [-0.05, 0) is 64.4 Å². The highest BCUT2D eigenvalue weighted by molar-refractivity contribution is 5.79. The number of nitrogens with zero attached hydrogens (tertiary/aromatic N) is 6. The van der Waals surface area contributed by atoms with Crippen LogP contribution in [-0.2, 0) is 11.3 Å². The molecule has 0 bridgehead atoms. The third-order valence-corrected chi connectivity index (χ3v) is 8.84. The minimum atomic E-state index is -0.389. The molecule has 4 heterocycles. The van der Waals surface area contributed by atoms with Crippen LogP contribution in [-0.4, -0.2) is 73.9 Å². The predicted molar refractivity (Wildman–Crippen MR) is 166 cm³/mol. The number of hydrogen-bond acceptors (Lipinski definition) is 7. The molecule has 0 aliphatic carbocycles. The first-order valence-corrected chi connectivity index (χ1v) is 15.2. The summed E-state index contributed by atoms with van der Waals surface area (Å²) in [6, 6.07) is 29.4. The highest BCUT2D eigenvalue weighted by atomic mass is 16.5. The van der Waals surface area contributed by atoms with Crippen molar-refractivity contribution in [3.05, 3.63) is 123 Å². The van der Waals surface area contributed by atoms with Gasteiger partial charge < -0.3 is 9.72 Å². The fourth-order valence-electron chi connectivity index (χ4n) is 6.69. The zero-order valence-electron chi connectivity index (χ0n) is 24.5. The number of pyridine rings is 1. The maximum atomic E-state index is 13.7. The van der Waals surface area contributed by atoms with Gasteiger partial charge in [-0.25, -0.2) is 4.68 Å². The monoisotopic (exact) mass is 575 g/mol. The fourth-order valence-corrected chi connectivity index (χ4v) is 6.69. The largest absolute Gasteiger partial charge is 0.376 e. The van der Waals surface area contributed by atoms with Crippen LogP contribution >= 0.6 is 0 Å². The van der Waals surface area contributed by atoms with E-state index in [9.17, 15) is 4.79 Å². The number of nitrogens with one attached hydrogen (secondary N) is 1. The summed E-state index contributed by atoms with van der Waals surface area (Å²) in [5.74, 6) is 0.684. The van der Waals surface area contributed by atoms with E-state index in [-0.39, 0.29) is 23.7 Å². The SMILES string of the molecule is Cc1ccc2cc(C(c3nnnn3CC3CCCO3)N3CCN(C(c4ccccc4)c4ccccc4)CC3)c(=O)[nH]c2c1. The Morgan fingerprint density at radius 2 is 1.56 bits per heavy atom. The molecule has 43 heavy (non-hydrogen) atoms. The van der Waals surface area contributed by atoms with E-state index >= 15 is 0 Å². The van der Waals surface area contributed by atoms with E-state index in [0.29, 0.717) is 17.9 Å². The Balaban J connectivity index is 1.23. The molecule has 0 radical (unpaired) electrons. The van der Waals surface area contributed by atoms with Gasteiger partial charge in [0.05, 0.1) is 18.7 Å². The van der Waals surface area contributed by atoms with Crippen LogP contribution in [0, 0.1) is 6.92 Å². The van der Waals surface area contributed by atoms with Crippen LogP contribution in [0.1, 0.15) is 53.0 Å². The molecular weight excluding hydrogens is 538 g/mol. The Morgan fingerprint density at radius 3 is 2.21 bits per heavy atom. The van der Waals surface area contributed by atoms with Crippen molar-refractivity contribution < 1.29 is 4.74 Å². The smallest absolute Gasteiger partial charge is 0.253 e. The zero-order valence-corrected chi connectivity index (χ0v) is 24.5. The van der Waals surface area contributed by atoms with E-state index < -0.39 is 0 Å². The van der Waals surface area contributed by atoms with Crippen LogP contribution in [0.2, 0.25) is 0 Å². The second-order valence-corrected chi connectivity index (χ2v) is 11.7. The lowest BCUT2D eigenvalue weighted by Crippen LogP contribution is -2.50. The molecule has 220 valence electrons. The molecule has 2 unspecified atom stereocenters. The van der Waals surface area contributed by atoms with Crippen LogP contribution < -0.4 is 5.56 Å². The van der Waals surface area contributed by atoms with Gasteiger partial charge >= 0.3 is 0 Å². The molecule has 2 saturated heterocycles. The number of aromatic amines is 1. The Labute approximate surface area is 251 Å². The molecule has 0 spiro atoms. The van der Waals surface area contributed by atoms with Crippen molar-refractivity contribution in [2.24, 2.45) is 0 Å². The molecule has 0 amide bonds. The van der Waals surface area contributed by atoms with Crippen molar-refractivity contribution in [3.63, 3.8) is 0 Å². The van der Waals surface area contributed by atoms with E-state index in [2.05, 4.69) is 103 Å². The van der Waals surface area contributed by atoms with Crippen molar-refractivity contribution in [3.8, 4) is 0 Å². The molecule has 5 aromatic rings. The number of piperazine rings is 1. The Kier molecular flexibility index (Phi) is 7.84. The second-order valence-electron chi connectivity index (χ2n) is 11.7. The summed E-state index contributed by atoms with van der Waals surface area (Å²) >= 11 is 0. The lowest BCUT2D eigenvalue weighted by Gasteiger charge is -2.42. The number of fused-ring (bicyclic) bond motifs is 1. The van der Waals surface area contributed by atoms with Gasteiger partial charge in [-0.2, -0.15) is 0 Å². The van der Waals surface area contributed by atoms with Gasteiger partial charge in [-0.1, -0.05) is 72.8 Å². The molecular formula is C34H37N7O2. The van der Waals surface area contributed by atoms with E-state index in [1.54, 1.807) is 0 Å². The lowest BCUT2D eigenvalue weighted by atomic mass is 9.96. The number of ether oxygens (including phenoxy) is 1. The number of H-pyrrole nitrogens is 1. The molecule has 9 nitrogen and oxygen atoms in total. The van der Waals surface area contributed by atoms with Crippen molar-refractivity contribution in [2.75, 3.05) is 32.8 Å². The molecule has 2 fully saturated rings. The number of tetrazole rings is 1. The Hall–Kier alpha value is -4.18. The number of benzene rings is 3. The van der Waals surface area contributed by atoms with Gasteiger partial charge in [0.25, 0.3) is 5.56 Å². The minimum Gasteiger partial charge on any atom is -0.376 e. The third-order valence-electron chi connectivity index (χ3n) is 8.84. The Morgan fingerprint density at radius 1 is 0.884 bits per heavy atom. The lowest BCUT2D eigenvalue weighted by molar-refractivity contribution is 0.0778. The highest BCUT2D eigenvalue weighted by Gasteiger charge is 2.35. The van der Waals surface area contributed by atoms with Crippen molar-refractivity contribution in [1.29, 1.82) is 0 Å². The molecule has 7 rings (SSSR count). The van der Waals surface area contributed by atoms with E-state index in [4.69, 9.17) is 4.74 Å². The summed E-state index contributed by atoms with van der Waals surface area (Å²) in [6.07, 6.45) is 2.11. The van der Waals surface area contributed by atoms with Crippen LogP contribution in [0.5, 0.6) is 0 Å². The summed E-state index contributed by atoms with van der Waals surface area (Å²) in [6.45, 7) is 6.57. The van der Waals surface area contributed by atoms with Gasteiger partial charge in [0.15, 0.2) is 5.82 Å².